The highest BCUT2D eigenvalue weighted by Gasteiger charge is 2.35. The number of nitrogens with zero attached hydrogens (tertiary/aromatic N) is 4. The molecule has 1 fully saturated rings. The summed E-state index contributed by atoms with van der Waals surface area (Å²) in [6.45, 7) is 3.20. The normalized spacial score (nSPS) is 18.3. The van der Waals surface area contributed by atoms with Crippen LogP contribution in [0.25, 0.3) is 11.4 Å². The molecule has 3 aromatic rings. The Hall–Kier alpha value is -3.68. The number of aromatic nitrogens is 2. The monoisotopic (exact) mass is 418 g/mol. The molecule has 2 aromatic carbocycles. The second-order valence-electron chi connectivity index (χ2n) is 7.71. The molecule has 2 amide bonds. The van der Waals surface area contributed by atoms with Crippen molar-refractivity contribution in [3.63, 3.8) is 0 Å². The van der Waals surface area contributed by atoms with Crippen molar-refractivity contribution in [2.24, 2.45) is 0 Å². The van der Waals surface area contributed by atoms with Crippen LogP contribution in [0.1, 0.15) is 31.6 Å². The van der Waals surface area contributed by atoms with E-state index in [4.69, 9.17) is 9.26 Å². The predicted octanol–water partition coefficient (Wildman–Crippen LogP) is 3.39. The van der Waals surface area contributed by atoms with E-state index in [9.17, 15) is 9.59 Å². The van der Waals surface area contributed by atoms with Gasteiger partial charge >= 0.3 is 0 Å². The molecule has 5 rings (SSSR count). The van der Waals surface area contributed by atoms with Gasteiger partial charge in [-0.2, -0.15) is 4.98 Å². The Balaban J connectivity index is 1.39. The Morgan fingerprint density at radius 1 is 1.10 bits per heavy atom. The van der Waals surface area contributed by atoms with Gasteiger partial charge in [0, 0.05) is 30.8 Å². The number of rotatable bonds is 5. The van der Waals surface area contributed by atoms with Crippen LogP contribution in [0.5, 0.6) is 5.75 Å². The first-order valence-corrected chi connectivity index (χ1v) is 10.4. The van der Waals surface area contributed by atoms with Crippen LogP contribution in [0.2, 0.25) is 0 Å². The molecule has 0 N–H and O–H groups in total. The zero-order valence-corrected chi connectivity index (χ0v) is 17.2. The zero-order chi connectivity index (χ0) is 21.4. The summed E-state index contributed by atoms with van der Waals surface area (Å²) in [5, 5.41) is 4.13. The van der Waals surface area contributed by atoms with Gasteiger partial charge in [0.15, 0.2) is 6.61 Å². The van der Waals surface area contributed by atoms with Crippen molar-refractivity contribution < 1.29 is 18.8 Å². The maximum Gasteiger partial charge on any atom is 0.265 e. The van der Waals surface area contributed by atoms with E-state index in [2.05, 4.69) is 10.1 Å². The number of para-hydroxylation sites is 1. The minimum atomic E-state index is -0.159. The minimum Gasteiger partial charge on any atom is -0.482 e. The van der Waals surface area contributed by atoms with Gasteiger partial charge in [-0.15, -0.1) is 0 Å². The fraction of sp³-hybridized carbons (Fsp3) is 0.304. The molecule has 1 atom stereocenters. The number of ether oxygens (including phenoxy) is 1. The molecule has 8 heteroatoms. The van der Waals surface area contributed by atoms with E-state index in [1.807, 2.05) is 55.5 Å². The summed E-state index contributed by atoms with van der Waals surface area (Å²) in [4.78, 5) is 32.8. The molecule has 158 valence electrons. The molecule has 1 aromatic heterocycles. The molecule has 0 radical (unpaired) electrons. The van der Waals surface area contributed by atoms with E-state index in [-0.39, 0.29) is 24.3 Å². The average Bonchev–Trinajstić information content (AvgIpc) is 3.43. The Morgan fingerprint density at radius 2 is 1.94 bits per heavy atom. The molecule has 3 heterocycles. The van der Waals surface area contributed by atoms with E-state index in [1.165, 1.54) is 0 Å². The summed E-state index contributed by atoms with van der Waals surface area (Å²) in [7, 11) is 0. The standard InChI is InChI=1S/C23H22N4O4/c1-2-10-26-18-11-15(8-9-19(18)30-14-21(26)29)22-24-23(31-25-22)16-12-20(28)27(13-16)17-6-4-3-5-7-17/h3-9,11,16H,2,10,12-14H2,1H3. The number of fused-ring (bicyclic) bond motifs is 1. The Morgan fingerprint density at radius 3 is 2.74 bits per heavy atom. The molecule has 1 saturated heterocycles. The molecule has 0 saturated carbocycles. The van der Waals surface area contributed by atoms with Crippen LogP contribution < -0.4 is 14.5 Å². The molecule has 1 unspecified atom stereocenters. The third-order valence-electron chi connectivity index (χ3n) is 5.59. The van der Waals surface area contributed by atoms with Gasteiger partial charge in [-0.3, -0.25) is 9.59 Å². The highest BCUT2D eigenvalue weighted by atomic mass is 16.5. The van der Waals surface area contributed by atoms with Crippen molar-refractivity contribution in [1.82, 2.24) is 10.1 Å². The Bertz CT molecular complexity index is 1130. The van der Waals surface area contributed by atoms with Gasteiger partial charge in [0.1, 0.15) is 5.75 Å². The molecule has 31 heavy (non-hydrogen) atoms. The van der Waals surface area contributed by atoms with E-state index in [0.717, 1.165) is 17.7 Å². The number of benzene rings is 2. The first-order valence-electron chi connectivity index (χ1n) is 10.4. The maximum absolute atomic E-state index is 12.5. The third kappa shape index (κ3) is 3.54. The second kappa shape index (κ2) is 7.86. The van der Waals surface area contributed by atoms with Gasteiger partial charge in [-0.1, -0.05) is 30.3 Å². The minimum absolute atomic E-state index is 0.0376. The van der Waals surface area contributed by atoms with E-state index < -0.39 is 0 Å². The summed E-state index contributed by atoms with van der Waals surface area (Å²) in [5.41, 5.74) is 2.32. The van der Waals surface area contributed by atoms with E-state index >= 15 is 0 Å². The van der Waals surface area contributed by atoms with Crippen LogP contribution in [-0.4, -0.2) is 41.7 Å². The van der Waals surface area contributed by atoms with Gasteiger partial charge in [0.25, 0.3) is 5.91 Å². The lowest BCUT2D eigenvalue weighted by molar-refractivity contribution is -0.121. The van der Waals surface area contributed by atoms with Crippen LogP contribution in [0, 0.1) is 0 Å². The smallest absolute Gasteiger partial charge is 0.265 e. The van der Waals surface area contributed by atoms with Gasteiger partial charge in [-0.05, 0) is 36.8 Å². The average molecular weight is 418 g/mol. The largest absolute Gasteiger partial charge is 0.482 e. The van der Waals surface area contributed by atoms with Gasteiger partial charge in [-0.25, -0.2) is 0 Å². The van der Waals surface area contributed by atoms with Crippen molar-refractivity contribution >= 4 is 23.2 Å². The zero-order valence-electron chi connectivity index (χ0n) is 17.2. The number of carbonyl (C=O) groups is 2. The molecule has 0 aliphatic carbocycles. The molecular formula is C23H22N4O4. The molecule has 0 bridgehead atoms. The summed E-state index contributed by atoms with van der Waals surface area (Å²) in [6.07, 6.45) is 1.17. The maximum atomic E-state index is 12.5. The number of carbonyl (C=O) groups excluding carboxylic acids is 2. The number of hydrogen-bond acceptors (Lipinski definition) is 6. The van der Waals surface area contributed by atoms with Crippen LogP contribution in [-0.2, 0) is 9.59 Å². The molecular weight excluding hydrogens is 396 g/mol. The van der Waals surface area contributed by atoms with Gasteiger partial charge in [0.05, 0.1) is 11.6 Å². The van der Waals surface area contributed by atoms with Gasteiger partial charge in [0.2, 0.25) is 17.6 Å². The van der Waals surface area contributed by atoms with Crippen molar-refractivity contribution in [3.8, 4) is 17.1 Å². The molecule has 0 spiro atoms. The Labute approximate surface area is 179 Å². The topological polar surface area (TPSA) is 88.8 Å². The van der Waals surface area contributed by atoms with E-state index in [0.29, 0.717) is 42.7 Å². The quantitative estimate of drug-likeness (QED) is 0.631. The summed E-state index contributed by atoms with van der Waals surface area (Å²) in [6, 6.07) is 15.1. The van der Waals surface area contributed by atoms with E-state index in [1.54, 1.807) is 9.80 Å². The first-order chi connectivity index (χ1) is 15.1. The van der Waals surface area contributed by atoms with Crippen LogP contribution in [0.3, 0.4) is 0 Å². The predicted molar refractivity (Wildman–Crippen MR) is 114 cm³/mol. The fourth-order valence-electron chi connectivity index (χ4n) is 4.06. The van der Waals surface area contributed by atoms with Crippen molar-refractivity contribution in [3.05, 3.63) is 54.4 Å². The first kappa shape index (κ1) is 19.3. The number of anilines is 2. The summed E-state index contributed by atoms with van der Waals surface area (Å²) in [5.74, 6) is 1.35. The van der Waals surface area contributed by atoms with Crippen molar-refractivity contribution in [1.29, 1.82) is 0 Å². The lowest BCUT2D eigenvalue weighted by Gasteiger charge is -2.29. The molecule has 8 nitrogen and oxygen atoms in total. The third-order valence-corrected chi connectivity index (χ3v) is 5.59. The molecule has 2 aliphatic heterocycles. The van der Waals surface area contributed by atoms with Crippen molar-refractivity contribution in [2.75, 3.05) is 29.5 Å². The van der Waals surface area contributed by atoms with Crippen LogP contribution in [0.4, 0.5) is 11.4 Å². The second-order valence-corrected chi connectivity index (χ2v) is 7.71. The lowest BCUT2D eigenvalue weighted by atomic mass is 10.1. The summed E-state index contributed by atoms with van der Waals surface area (Å²) < 4.78 is 11.1. The number of hydrogen-bond donors (Lipinski definition) is 0. The van der Waals surface area contributed by atoms with Gasteiger partial charge < -0.3 is 19.1 Å². The fourth-order valence-corrected chi connectivity index (χ4v) is 4.06. The number of amides is 2. The Kier molecular flexibility index (Phi) is 4.89. The van der Waals surface area contributed by atoms with Crippen molar-refractivity contribution in [2.45, 2.75) is 25.7 Å². The van der Waals surface area contributed by atoms with Crippen LogP contribution >= 0.6 is 0 Å². The summed E-state index contributed by atoms with van der Waals surface area (Å²) >= 11 is 0. The molecule has 2 aliphatic rings. The highest BCUT2D eigenvalue weighted by Crippen LogP contribution is 2.36. The highest BCUT2D eigenvalue weighted by molar-refractivity contribution is 5.98. The van der Waals surface area contributed by atoms with Crippen LogP contribution in [0.15, 0.2) is 53.1 Å². The lowest BCUT2D eigenvalue weighted by Crippen LogP contribution is -2.39. The SMILES string of the molecule is CCCN1C(=O)COc2ccc(-c3noc(C4CC(=O)N(c5ccccc5)C4)n3)cc21.